The van der Waals surface area contributed by atoms with Crippen LogP contribution in [0.2, 0.25) is 0 Å². The average Bonchev–Trinajstić information content (AvgIpc) is 2.15. The molecule has 0 aliphatic carbocycles. The first-order valence-corrected chi connectivity index (χ1v) is 4.66. The van der Waals surface area contributed by atoms with Crippen molar-refractivity contribution in [3.05, 3.63) is 34.9 Å². The molecule has 0 aromatic heterocycles. The minimum atomic E-state index is -4.44. The molecule has 1 rings (SSSR count). The van der Waals surface area contributed by atoms with E-state index in [0.717, 1.165) is 6.07 Å². The number of carbonyl (C=O) groups excluding carboxylic acids is 1. The SMILES string of the molecule is Cc1ccc(C(=O)CCl)cc1C(F)(F)F. The van der Waals surface area contributed by atoms with Crippen LogP contribution in [0.5, 0.6) is 0 Å². The van der Waals surface area contributed by atoms with Gasteiger partial charge >= 0.3 is 6.18 Å². The van der Waals surface area contributed by atoms with Gasteiger partial charge in [0.15, 0.2) is 5.78 Å². The molecule has 0 saturated heterocycles. The molecule has 0 saturated carbocycles. The van der Waals surface area contributed by atoms with E-state index in [0.29, 0.717) is 0 Å². The zero-order valence-corrected chi connectivity index (χ0v) is 8.62. The maximum atomic E-state index is 12.5. The average molecular weight is 237 g/mol. The molecule has 1 nitrogen and oxygen atoms in total. The lowest BCUT2D eigenvalue weighted by atomic mass is 10.0. The first kappa shape index (κ1) is 12.0. The van der Waals surface area contributed by atoms with Gasteiger partial charge in [0.05, 0.1) is 11.4 Å². The molecule has 0 fully saturated rings. The third kappa shape index (κ3) is 2.72. The normalized spacial score (nSPS) is 11.5. The zero-order chi connectivity index (χ0) is 11.6. The van der Waals surface area contributed by atoms with Crippen molar-refractivity contribution in [3.8, 4) is 0 Å². The summed E-state index contributed by atoms with van der Waals surface area (Å²) in [6.45, 7) is 1.35. The lowest BCUT2D eigenvalue weighted by Crippen LogP contribution is -2.10. The van der Waals surface area contributed by atoms with E-state index in [1.54, 1.807) is 0 Å². The summed E-state index contributed by atoms with van der Waals surface area (Å²) in [6, 6.07) is 3.44. The zero-order valence-electron chi connectivity index (χ0n) is 7.86. The van der Waals surface area contributed by atoms with Gasteiger partial charge < -0.3 is 0 Å². The van der Waals surface area contributed by atoms with E-state index in [2.05, 4.69) is 0 Å². The Hall–Kier alpha value is -1.03. The molecule has 0 N–H and O–H groups in total. The Balaban J connectivity index is 3.23. The van der Waals surface area contributed by atoms with Gasteiger partial charge in [0.1, 0.15) is 0 Å². The van der Waals surface area contributed by atoms with Crippen LogP contribution in [0.3, 0.4) is 0 Å². The van der Waals surface area contributed by atoms with E-state index in [1.165, 1.54) is 19.1 Å². The standard InChI is InChI=1S/C10H8ClF3O/c1-6-2-3-7(9(15)5-11)4-8(6)10(12,13)14/h2-4H,5H2,1H3. The molecule has 0 heterocycles. The van der Waals surface area contributed by atoms with E-state index >= 15 is 0 Å². The Bertz CT molecular complexity index is 385. The second-order valence-corrected chi connectivity index (χ2v) is 3.35. The minimum Gasteiger partial charge on any atom is -0.293 e. The topological polar surface area (TPSA) is 17.1 Å². The highest BCUT2D eigenvalue weighted by atomic mass is 35.5. The molecule has 0 aliphatic heterocycles. The molecule has 0 spiro atoms. The van der Waals surface area contributed by atoms with Gasteiger partial charge in [-0.3, -0.25) is 4.79 Å². The van der Waals surface area contributed by atoms with Gasteiger partial charge in [0.2, 0.25) is 0 Å². The van der Waals surface area contributed by atoms with Crippen LogP contribution < -0.4 is 0 Å². The lowest BCUT2D eigenvalue weighted by Gasteiger charge is -2.11. The van der Waals surface area contributed by atoms with Crippen LogP contribution in [0.1, 0.15) is 21.5 Å². The molecule has 0 aliphatic rings. The summed E-state index contributed by atoms with van der Waals surface area (Å²) in [5.41, 5.74) is -0.713. The van der Waals surface area contributed by atoms with E-state index in [9.17, 15) is 18.0 Å². The first-order chi connectivity index (χ1) is 6.86. The van der Waals surface area contributed by atoms with E-state index in [1.807, 2.05) is 0 Å². The van der Waals surface area contributed by atoms with Crippen molar-refractivity contribution in [3.63, 3.8) is 0 Å². The highest BCUT2D eigenvalue weighted by molar-refractivity contribution is 6.30. The third-order valence-corrected chi connectivity index (χ3v) is 2.23. The minimum absolute atomic E-state index is 0.0112. The molecule has 1 aromatic carbocycles. The maximum Gasteiger partial charge on any atom is 0.416 e. The van der Waals surface area contributed by atoms with Crippen molar-refractivity contribution in [2.45, 2.75) is 13.1 Å². The Morgan fingerprint density at radius 2 is 2.00 bits per heavy atom. The van der Waals surface area contributed by atoms with Crippen LogP contribution >= 0.6 is 11.6 Å². The summed E-state index contributed by atoms with van der Waals surface area (Å²) < 4.78 is 37.4. The van der Waals surface area contributed by atoms with Crippen LogP contribution in [0.15, 0.2) is 18.2 Å². The number of Topliss-reactive ketones (excluding diaryl/α,β-unsaturated/α-hetero) is 1. The van der Waals surface area contributed by atoms with E-state index in [-0.39, 0.29) is 17.0 Å². The van der Waals surface area contributed by atoms with Crippen molar-refractivity contribution in [2.75, 3.05) is 5.88 Å². The Labute approximate surface area is 89.9 Å². The van der Waals surface area contributed by atoms with Gasteiger partial charge in [0.25, 0.3) is 0 Å². The van der Waals surface area contributed by atoms with Crippen LogP contribution in [0.25, 0.3) is 0 Å². The van der Waals surface area contributed by atoms with Crippen molar-refractivity contribution in [2.24, 2.45) is 0 Å². The van der Waals surface area contributed by atoms with Crippen molar-refractivity contribution < 1.29 is 18.0 Å². The molecule has 0 amide bonds. The number of benzene rings is 1. The highest BCUT2D eigenvalue weighted by Gasteiger charge is 2.32. The molecule has 0 radical (unpaired) electrons. The molecule has 5 heteroatoms. The van der Waals surface area contributed by atoms with Gasteiger partial charge in [-0.1, -0.05) is 12.1 Å². The summed E-state index contributed by atoms with van der Waals surface area (Å²) in [4.78, 5) is 11.1. The second kappa shape index (κ2) is 4.23. The number of carbonyl (C=O) groups is 1. The number of hydrogen-bond acceptors (Lipinski definition) is 1. The summed E-state index contributed by atoms with van der Waals surface area (Å²) in [5, 5.41) is 0. The van der Waals surface area contributed by atoms with Crippen molar-refractivity contribution in [1.29, 1.82) is 0 Å². The fourth-order valence-corrected chi connectivity index (χ4v) is 1.33. The summed E-state index contributed by atoms with van der Waals surface area (Å²) in [7, 11) is 0. The predicted octanol–water partition coefficient (Wildman–Crippen LogP) is 3.44. The van der Waals surface area contributed by atoms with Crippen molar-refractivity contribution >= 4 is 17.4 Å². The smallest absolute Gasteiger partial charge is 0.293 e. The summed E-state index contributed by atoms with van der Waals surface area (Å²) >= 11 is 5.26. The van der Waals surface area contributed by atoms with Gasteiger partial charge in [-0.2, -0.15) is 13.2 Å². The quantitative estimate of drug-likeness (QED) is 0.568. The summed E-state index contributed by atoms with van der Waals surface area (Å²) in [6.07, 6.45) is -4.44. The Kier molecular flexibility index (Phi) is 3.39. The number of aryl methyl sites for hydroxylation is 1. The van der Waals surface area contributed by atoms with Crippen LogP contribution in [0.4, 0.5) is 13.2 Å². The second-order valence-electron chi connectivity index (χ2n) is 3.08. The number of alkyl halides is 4. The van der Waals surface area contributed by atoms with Gasteiger partial charge in [0, 0.05) is 5.56 Å². The number of rotatable bonds is 2. The fourth-order valence-electron chi connectivity index (χ4n) is 1.18. The first-order valence-electron chi connectivity index (χ1n) is 4.13. The summed E-state index contributed by atoms with van der Waals surface area (Å²) in [5.74, 6) is -0.831. The number of hydrogen-bond donors (Lipinski definition) is 0. The molecule has 15 heavy (non-hydrogen) atoms. The van der Waals surface area contributed by atoms with Gasteiger partial charge in [-0.05, 0) is 18.6 Å². The fraction of sp³-hybridized carbons (Fsp3) is 0.300. The Morgan fingerprint density at radius 3 is 2.47 bits per heavy atom. The molecule has 82 valence electrons. The molecular weight excluding hydrogens is 229 g/mol. The monoisotopic (exact) mass is 236 g/mol. The van der Waals surface area contributed by atoms with E-state index < -0.39 is 17.5 Å². The van der Waals surface area contributed by atoms with Crippen LogP contribution in [0, 0.1) is 6.92 Å². The molecular formula is C10H8ClF3O. The molecule has 1 aromatic rings. The molecule has 0 atom stereocenters. The van der Waals surface area contributed by atoms with Crippen molar-refractivity contribution in [1.82, 2.24) is 0 Å². The molecule has 0 bridgehead atoms. The largest absolute Gasteiger partial charge is 0.416 e. The lowest BCUT2D eigenvalue weighted by molar-refractivity contribution is -0.138. The number of ketones is 1. The van der Waals surface area contributed by atoms with E-state index in [4.69, 9.17) is 11.6 Å². The predicted molar refractivity (Wildman–Crippen MR) is 51.2 cm³/mol. The molecule has 0 unspecified atom stereocenters. The number of halogens is 4. The third-order valence-electron chi connectivity index (χ3n) is 1.99. The van der Waals surface area contributed by atoms with Crippen LogP contribution in [-0.4, -0.2) is 11.7 Å². The highest BCUT2D eigenvalue weighted by Crippen LogP contribution is 2.32. The Morgan fingerprint density at radius 1 is 1.40 bits per heavy atom. The van der Waals surface area contributed by atoms with Gasteiger partial charge in [-0.15, -0.1) is 11.6 Å². The van der Waals surface area contributed by atoms with Gasteiger partial charge in [-0.25, -0.2) is 0 Å². The maximum absolute atomic E-state index is 12.5. The van der Waals surface area contributed by atoms with Crippen LogP contribution in [-0.2, 0) is 6.18 Å².